The molecule has 1 aromatic carbocycles. The molecule has 0 aliphatic carbocycles. The van der Waals surface area contributed by atoms with Crippen LogP contribution in [-0.4, -0.2) is 62.6 Å². The fourth-order valence-electron chi connectivity index (χ4n) is 3.56. The van der Waals surface area contributed by atoms with Gasteiger partial charge in [0.1, 0.15) is 0 Å². The summed E-state index contributed by atoms with van der Waals surface area (Å²) in [5, 5.41) is 0. The highest BCUT2D eigenvalue weighted by Crippen LogP contribution is 2.31. The number of rotatable bonds is 17. The van der Waals surface area contributed by atoms with Gasteiger partial charge in [0, 0.05) is 7.11 Å². The summed E-state index contributed by atoms with van der Waals surface area (Å²) < 4.78 is 37.9. The average molecular weight is 577 g/mol. The zero-order chi connectivity index (χ0) is 27.0. The highest BCUT2D eigenvalue weighted by atomic mass is 28.5. The van der Waals surface area contributed by atoms with Gasteiger partial charge >= 0.3 is 9.05 Å². The molecule has 11 heteroatoms. The molecule has 35 heavy (non-hydrogen) atoms. The molecule has 1 aromatic rings. The van der Waals surface area contributed by atoms with Gasteiger partial charge in [0.05, 0.1) is 19.8 Å². The van der Waals surface area contributed by atoms with Crippen molar-refractivity contribution >= 4 is 42.3 Å². The van der Waals surface area contributed by atoms with Crippen molar-refractivity contribution in [2.24, 2.45) is 0 Å². The Morgan fingerprint density at radius 2 is 1.17 bits per heavy atom. The summed E-state index contributed by atoms with van der Waals surface area (Å²) in [5.74, 6) is 0. The predicted molar refractivity (Wildman–Crippen MR) is 159 cm³/mol. The molecule has 6 nitrogen and oxygen atoms in total. The fraction of sp³-hybridized carbons (Fsp3) is 0.750. The lowest BCUT2D eigenvalue weighted by Crippen LogP contribution is -2.65. The molecule has 0 aliphatic heterocycles. The molecule has 0 bridgehead atoms. The molecule has 0 heterocycles. The molecule has 0 unspecified atom stereocenters. The van der Waals surface area contributed by atoms with E-state index in [0.717, 1.165) is 18.9 Å². The Labute approximate surface area is 221 Å². The Hall–Kier alpha value is 0.0644. The number of hydrogen-bond acceptors (Lipinski definition) is 6. The second-order valence-corrected chi connectivity index (χ2v) is 33.7. The minimum Gasteiger partial charge on any atom is -0.396 e. The Bertz CT molecular complexity index is 715. The molecule has 0 atom stereocenters. The van der Waals surface area contributed by atoms with Gasteiger partial charge in [0.15, 0.2) is 33.3 Å². The maximum Gasteiger partial charge on any atom is 0.636 e. The lowest BCUT2D eigenvalue weighted by molar-refractivity contribution is 0.0616. The SMILES string of the molecule is COCCOCc1cccc(CCC[Si](C)(C)O[Si](O[Si](C)(C)C)(O[Si](C)(C)C)O[Si](C)(C)C)c1. The van der Waals surface area contributed by atoms with Crippen molar-refractivity contribution in [1.29, 1.82) is 0 Å². The number of methoxy groups -OCH3 is 1. The van der Waals surface area contributed by atoms with Crippen LogP contribution in [0.1, 0.15) is 17.5 Å². The van der Waals surface area contributed by atoms with Gasteiger partial charge in [-0.25, -0.2) is 0 Å². The molecule has 0 N–H and O–H groups in total. The van der Waals surface area contributed by atoms with Crippen molar-refractivity contribution in [3.8, 4) is 0 Å². The Balaban J connectivity index is 2.92. The van der Waals surface area contributed by atoms with Gasteiger partial charge in [0.2, 0.25) is 0 Å². The van der Waals surface area contributed by atoms with Crippen molar-refractivity contribution in [3.63, 3.8) is 0 Å². The molecule has 0 radical (unpaired) electrons. The van der Waals surface area contributed by atoms with E-state index in [1.54, 1.807) is 7.11 Å². The Morgan fingerprint density at radius 3 is 1.66 bits per heavy atom. The molecule has 0 saturated carbocycles. The Morgan fingerprint density at radius 1 is 0.657 bits per heavy atom. The summed E-state index contributed by atoms with van der Waals surface area (Å²) in [6.45, 7) is 26.2. The van der Waals surface area contributed by atoms with E-state index in [9.17, 15) is 0 Å². The average Bonchev–Trinajstić information content (AvgIpc) is 2.60. The van der Waals surface area contributed by atoms with Crippen LogP contribution in [0.2, 0.25) is 78.1 Å². The summed E-state index contributed by atoms with van der Waals surface area (Å²) in [4.78, 5) is 0. The van der Waals surface area contributed by atoms with E-state index in [1.807, 2.05) is 0 Å². The third-order valence-corrected chi connectivity index (χ3v) is 19.7. The van der Waals surface area contributed by atoms with E-state index in [-0.39, 0.29) is 0 Å². The first-order chi connectivity index (χ1) is 15.8. The zero-order valence-corrected chi connectivity index (χ0v) is 29.5. The molecule has 0 aromatic heterocycles. The first kappa shape index (κ1) is 33.1. The van der Waals surface area contributed by atoms with E-state index in [4.69, 9.17) is 25.9 Å². The molecule has 0 saturated heterocycles. The van der Waals surface area contributed by atoms with Crippen LogP contribution in [0.5, 0.6) is 0 Å². The summed E-state index contributed by atoms with van der Waals surface area (Å²) >= 11 is 0. The molecular formula is C24H52O6Si5. The third kappa shape index (κ3) is 15.8. The van der Waals surface area contributed by atoms with E-state index in [1.165, 1.54) is 11.1 Å². The van der Waals surface area contributed by atoms with Crippen LogP contribution in [0.4, 0.5) is 0 Å². The van der Waals surface area contributed by atoms with Gasteiger partial charge in [-0.05, 0) is 102 Å². The smallest absolute Gasteiger partial charge is 0.396 e. The maximum absolute atomic E-state index is 6.97. The maximum atomic E-state index is 6.97. The summed E-state index contributed by atoms with van der Waals surface area (Å²) in [5.41, 5.74) is 2.54. The van der Waals surface area contributed by atoms with Gasteiger partial charge in [-0.2, -0.15) is 0 Å². The van der Waals surface area contributed by atoms with E-state index < -0.39 is 42.3 Å². The number of hydrogen-bond donors (Lipinski definition) is 0. The molecule has 0 fully saturated rings. The normalized spacial score (nSPS) is 13.9. The van der Waals surface area contributed by atoms with Crippen LogP contribution in [0.3, 0.4) is 0 Å². The Kier molecular flexibility index (Phi) is 13.0. The van der Waals surface area contributed by atoms with Gasteiger partial charge in [-0.3, -0.25) is 0 Å². The van der Waals surface area contributed by atoms with Crippen molar-refractivity contribution < 1.29 is 25.9 Å². The fourth-order valence-corrected chi connectivity index (χ4v) is 20.0. The lowest BCUT2D eigenvalue weighted by atomic mass is 10.1. The second-order valence-electron chi connectivity index (χ2n) is 12.7. The van der Waals surface area contributed by atoms with Gasteiger partial charge in [-0.15, -0.1) is 0 Å². The largest absolute Gasteiger partial charge is 0.636 e. The first-order valence-electron chi connectivity index (χ1n) is 12.8. The van der Waals surface area contributed by atoms with Crippen LogP contribution in [0, 0.1) is 0 Å². The van der Waals surface area contributed by atoms with Gasteiger partial charge < -0.3 is 25.9 Å². The summed E-state index contributed by atoms with van der Waals surface area (Å²) in [6.07, 6.45) is 2.07. The minimum atomic E-state index is -3.28. The molecule has 0 spiro atoms. The van der Waals surface area contributed by atoms with Crippen molar-refractivity contribution in [1.82, 2.24) is 0 Å². The predicted octanol–water partition coefficient (Wildman–Crippen LogP) is 6.99. The zero-order valence-electron chi connectivity index (χ0n) is 24.5. The van der Waals surface area contributed by atoms with Crippen molar-refractivity contribution in [2.45, 2.75) is 97.5 Å². The van der Waals surface area contributed by atoms with E-state index in [2.05, 4.69) is 96.3 Å². The summed E-state index contributed by atoms with van der Waals surface area (Å²) in [6, 6.07) is 9.71. The standard InChI is InChI=1S/C24H52O6Si5/c1-25-18-19-26-22-24-16-13-15-23(21-24)17-14-20-34(11,12)30-35(27-31(2,3)4,28-32(5,6)7)29-33(8,9)10/h13,15-16,21H,14,17-20,22H2,1-12H3. The second kappa shape index (κ2) is 13.7. The molecule has 0 aliphatic rings. The van der Waals surface area contributed by atoms with Crippen molar-refractivity contribution in [2.75, 3.05) is 20.3 Å². The minimum absolute atomic E-state index is 0.613. The van der Waals surface area contributed by atoms with E-state index in [0.29, 0.717) is 19.8 Å². The van der Waals surface area contributed by atoms with Crippen LogP contribution < -0.4 is 0 Å². The highest BCUT2D eigenvalue weighted by molar-refractivity contribution is 6.91. The quantitative estimate of drug-likeness (QED) is 0.147. The number of benzene rings is 1. The summed E-state index contributed by atoms with van der Waals surface area (Å²) in [7, 11) is -9.60. The van der Waals surface area contributed by atoms with Crippen LogP contribution in [0.25, 0.3) is 0 Å². The van der Waals surface area contributed by atoms with E-state index >= 15 is 0 Å². The lowest BCUT2D eigenvalue weighted by Gasteiger charge is -2.44. The van der Waals surface area contributed by atoms with Crippen molar-refractivity contribution in [3.05, 3.63) is 35.4 Å². The molecular weight excluding hydrogens is 525 g/mol. The van der Waals surface area contributed by atoms with Crippen LogP contribution >= 0.6 is 0 Å². The van der Waals surface area contributed by atoms with Gasteiger partial charge in [0.25, 0.3) is 0 Å². The number of aryl methyl sites for hydroxylation is 1. The monoisotopic (exact) mass is 576 g/mol. The first-order valence-corrected chi connectivity index (χ1v) is 27.8. The van der Waals surface area contributed by atoms with Crippen LogP contribution in [-0.2, 0) is 39.0 Å². The molecule has 1 rings (SSSR count). The molecule has 204 valence electrons. The number of ether oxygens (including phenoxy) is 2. The highest BCUT2D eigenvalue weighted by Gasteiger charge is 2.56. The van der Waals surface area contributed by atoms with Gasteiger partial charge in [-0.1, -0.05) is 24.3 Å². The molecule has 0 amide bonds. The topological polar surface area (TPSA) is 55.4 Å². The third-order valence-electron chi connectivity index (χ3n) is 4.63. The van der Waals surface area contributed by atoms with Crippen LogP contribution in [0.15, 0.2) is 24.3 Å².